The van der Waals surface area contributed by atoms with Crippen molar-refractivity contribution in [3.8, 4) is 0 Å². The van der Waals surface area contributed by atoms with Gasteiger partial charge >= 0.3 is 0 Å². The molecule has 2 amide bonds. The molecule has 1 saturated heterocycles. The minimum atomic E-state index is -0.134. The average molecular weight is 338 g/mol. The van der Waals surface area contributed by atoms with E-state index in [-0.39, 0.29) is 17.7 Å². The molecule has 130 valence electrons. The van der Waals surface area contributed by atoms with Crippen LogP contribution in [-0.4, -0.2) is 29.9 Å². The molecule has 6 heteroatoms. The standard InChI is InChI=1S/C19H22N4O2/c1-14(24)21-16-5-4-6-17(13-16)22-19(25)15-8-11-23(12-9-15)18-7-2-3-10-20-18/h2-7,10,13,15H,8-9,11-12H2,1H3,(H,21,24)(H,22,25). The van der Waals surface area contributed by atoms with Gasteiger partial charge in [-0.05, 0) is 43.2 Å². The number of rotatable bonds is 4. The van der Waals surface area contributed by atoms with Gasteiger partial charge in [0.05, 0.1) is 0 Å². The lowest BCUT2D eigenvalue weighted by Crippen LogP contribution is -2.38. The van der Waals surface area contributed by atoms with Crippen molar-refractivity contribution >= 4 is 29.0 Å². The molecule has 1 aliphatic rings. The number of amides is 2. The van der Waals surface area contributed by atoms with Crippen molar-refractivity contribution in [1.29, 1.82) is 0 Å². The fourth-order valence-corrected chi connectivity index (χ4v) is 3.03. The van der Waals surface area contributed by atoms with Crippen LogP contribution in [0.1, 0.15) is 19.8 Å². The molecule has 1 aromatic carbocycles. The number of aromatic nitrogens is 1. The first-order valence-corrected chi connectivity index (χ1v) is 8.46. The normalized spacial score (nSPS) is 14.8. The van der Waals surface area contributed by atoms with Crippen LogP contribution in [0.4, 0.5) is 17.2 Å². The summed E-state index contributed by atoms with van der Waals surface area (Å²) in [5, 5.41) is 5.67. The maximum atomic E-state index is 12.5. The Labute approximate surface area is 147 Å². The van der Waals surface area contributed by atoms with Gasteiger partial charge in [0.2, 0.25) is 11.8 Å². The number of carbonyl (C=O) groups excluding carboxylic acids is 2. The van der Waals surface area contributed by atoms with E-state index in [0.29, 0.717) is 11.4 Å². The lowest BCUT2D eigenvalue weighted by atomic mass is 9.95. The molecule has 0 atom stereocenters. The van der Waals surface area contributed by atoms with Crippen LogP contribution < -0.4 is 15.5 Å². The number of anilines is 3. The fraction of sp³-hybridized carbons (Fsp3) is 0.316. The summed E-state index contributed by atoms with van der Waals surface area (Å²) < 4.78 is 0. The Bertz CT molecular complexity index is 740. The summed E-state index contributed by atoms with van der Waals surface area (Å²) in [5.41, 5.74) is 1.37. The first-order valence-electron chi connectivity index (χ1n) is 8.46. The molecule has 3 rings (SSSR count). The monoisotopic (exact) mass is 338 g/mol. The molecule has 1 fully saturated rings. The summed E-state index contributed by atoms with van der Waals surface area (Å²) in [7, 11) is 0. The summed E-state index contributed by atoms with van der Waals surface area (Å²) in [4.78, 5) is 30.2. The van der Waals surface area contributed by atoms with Crippen molar-refractivity contribution in [2.45, 2.75) is 19.8 Å². The van der Waals surface area contributed by atoms with Crippen molar-refractivity contribution in [3.05, 3.63) is 48.7 Å². The van der Waals surface area contributed by atoms with Crippen molar-refractivity contribution in [3.63, 3.8) is 0 Å². The van der Waals surface area contributed by atoms with Crippen LogP contribution in [0, 0.1) is 5.92 Å². The van der Waals surface area contributed by atoms with Gasteiger partial charge in [-0.25, -0.2) is 4.98 Å². The van der Waals surface area contributed by atoms with E-state index in [0.717, 1.165) is 31.7 Å². The summed E-state index contributed by atoms with van der Waals surface area (Å²) in [6, 6.07) is 13.1. The van der Waals surface area contributed by atoms with Gasteiger partial charge in [0.25, 0.3) is 0 Å². The maximum absolute atomic E-state index is 12.5. The lowest BCUT2D eigenvalue weighted by molar-refractivity contribution is -0.120. The molecule has 0 unspecified atom stereocenters. The van der Waals surface area contributed by atoms with Crippen LogP contribution in [0.3, 0.4) is 0 Å². The molecular weight excluding hydrogens is 316 g/mol. The number of hydrogen-bond acceptors (Lipinski definition) is 4. The number of pyridine rings is 1. The average Bonchev–Trinajstić information content (AvgIpc) is 2.62. The maximum Gasteiger partial charge on any atom is 0.227 e. The van der Waals surface area contributed by atoms with Gasteiger partial charge in [0, 0.05) is 43.5 Å². The molecule has 1 aromatic heterocycles. The largest absolute Gasteiger partial charge is 0.357 e. The second-order valence-corrected chi connectivity index (χ2v) is 6.20. The van der Waals surface area contributed by atoms with E-state index < -0.39 is 0 Å². The number of benzene rings is 1. The highest BCUT2D eigenvalue weighted by Crippen LogP contribution is 2.23. The summed E-state index contributed by atoms with van der Waals surface area (Å²) in [5.74, 6) is 0.847. The highest BCUT2D eigenvalue weighted by Gasteiger charge is 2.25. The molecule has 1 aliphatic heterocycles. The summed E-state index contributed by atoms with van der Waals surface area (Å²) >= 11 is 0. The molecule has 2 heterocycles. The van der Waals surface area contributed by atoms with Crippen LogP contribution >= 0.6 is 0 Å². The predicted molar refractivity (Wildman–Crippen MR) is 98.5 cm³/mol. The van der Waals surface area contributed by atoms with Gasteiger partial charge < -0.3 is 15.5 Å². The highest BCUT2D eigenvalue weighted by atomic mass is 16.2. The fourth-order valence-electron chi connectivity index (χ4n) is 3.03. The SMILES string of the molecule is CC(=O)Nc1cccc(NC(=O)C2CCN(c3ccccn3)CC2)c1. The third-order valence-electron chi connectivity index (χ3n) is 4.29. The number of nitrogens with zero attached hydrogens (tertiary/aromatic N) is 2. The van der Waals surface area contributed by atoms with E-state index in [1.54, 1.807) is 18.3 Å². The molecule has 0 bridgehead atoms. The Morgan fingerprint density at radius 2 is 1.76 bits per heavy atom. The van der Waals surface area contributed by atoms with Crippen molar-refractivity contribution in [2.75, 3.05) is 28.6 Å². The number of piperidine rings is 1. The van der Waals surface area contributed by atoms with Crippen LogP contribution in [-0.2, 0) is 9.59 Å². The molecule has 0 saturated carbocycles. The molecular formula is C19H22N4O2. The van der Waals surface area contributed by atoms with E-state index in [9.17, 15) is 9.59 Å². The Morgan fingerprint density at radius 3 is 2.40 bits per heavy atom. The first kappa shape index (κ1) is 17.0. The Hall–Kier alpha value is -2.89. The van der Waals surface area contributed by atoms with Gasteiger partial charge in [0.15, 0.2) is 0 Å². The minimum absolute atomic E-state index is 0.00983. The Balaban J connectivity index is 1.55. The number of hydrogen-bond donors (Lipinski definition) is 2. The zero-order valence-electron chi connectivity index (χ0n) is 14.2. The lowest BCUT2D eigenvalue weighted by Gasteiger charge is -2.32. The summed E-state index contributed by atoms with van der Waals surface area (Å²) in [6.45, 7) is 3.10. The highest BCUT2D eigenvalue weighted by molar-refractivity contribution is 5.94. The van der Waals surface area contributed by atoms with Crippen LogP contribution in [0.15, 0.2) is 48.7 Å². The molecule has 25 heavy (non-hydrogen) atoms. The molecule has 2 aromatic rings. The van der Waals surface area contributed by atoms with Gasteiger partial charge in [-0.2, -0.15) is 0 Å². The molecule has 0 radical (unpaired) electrons. The van der Waals surface area contributed by atoms with E-state index in [1.807, 2.05) is 30.3 Å². The first-order chi connectivity index (χ1) is 12.1. The van der Waals surface area contributed by atoms with Crippen molar-refractivity contribution < 1.29 is 9.59 Å². The zero-order valence-corrected chi connectivity index (χ0v) is 14.2. The van der Waals surface area contributed by atoms with E-state index in [2.05, 4.69) is 20.5 Å². The van der Waals surface area contributed by atoms with Gasteiger partial charge in [-0.1, -0.05) is 12.1 Å². The Morgan fingerprint density at radius 1 is 1.04 bits per heavy atom. The Kier molecular flexibility index (Phi) is 5.28. The predicted octanol–water partition coefficient (Wildman–Crippen LogP) is 2.90. The zero-order chi connectivity index (χ0) is 17.6. The van der Waals surface area contributed by atoms with Crippen LogP contribution in [0.5, 0.6) is 0 Å². The smallest absolute Gasteiger partial charge is 0.227 e. The third-order valence-corrected chi connectivity index (χ3v) is 4.29. The van der Waals surface area contributed by atoms with Crippen LogP contribution in [0.2, 0.25) is 0 Å². The number of carbonyl (C=O) groups is 2. The van der Waals surface area contributed by atoms with Gasteiger partial charge in [0.1, 0.15) is 5.82 Å². The quantitative estimate of drug-likeness (QED) is 0.899. The van der Waals surface area contributed by atoms with Crippen LogP contribution in [0.25, 0.3) is 0 Å². The topological polar surface area (TPSA) is 74.3 Å². The number of nitrogens with one attached hydrogen (secondary N) is 2. The van der Waals surface area contributed by atoms with Crippen molar-refractivity contribution in [1.82, 2.24) is 4.98 Å². The second-order valence-electron chi connectivity index (χ2n) is 6.20. The molecule has 6 nitrogen and oxygen atoms in total. The van der Waals surface area contributed by atoms with Gasteiger partial charge in [-0.3, -0.25) is 9.59 Å². The molecule has 2 N–H and O–H groups in total. The van der Waals surface area contributed by atoms with Crippen molar-refractivity contribution in [2.24, 2.45) is 5.92 Å². The third kappa shape index (κ3) is 4.56. The van der Waals surface area contributed by atoms with Gasteiger partial charge in [-0.15, -0.1) is 0 Å². The van der Waals surface area contributed by atoms with E-state index >= 15 is 0 Å². The minimum Gasteiger partial charge on any atom is -0.357 e. The second kappa shape index (κ2) is 7.79. The van der Waals surface area contributed by atoms with E-state index in [4.69, 9.17) is 0 Å². The van der Waals surface area contributed by atoms with E-state index in [1.165, 1.54) is 6.92 Å². The summed E-state index contributed by atoms with van der Waals surface area (Å²) in [6.07, 6.45) is 3.39. The molecule has 0 spiro atoms. The molecule has 0 aliphatic carbocycles.